The van der Waals surface area contributed by atoms with E-state index in [1.54, 1.807) is 18.2 Å². The van der Waals surface area contributed by atoms with Crippen LogP contribution in [0.15, 0.2) is 18.2 Å². The van der Waals surface area contributed by atoms with E-state index in [-0.39, 0.29) is 5.91 Å². The Morgan fingerprint density at radius 3 is 2.68 bits per heavy atom. The molecule has 1 saturated carbocycles. The van der Waals surface area contributed by atoms with Gasteiger partial charge in [-0.2, -0.15) is 0 Å². The molecule has 1 fully saturated rings. The largest absolute Gasteiger partial charge is 0.486 e. The van der Waals surface area contributed by atoms with Gasteiger partial charge in [0.05, 0.1) is 0 Å². The summed E-state index contributed by atoms with van der Waals surface area (Å²) < 4.78 is 11.0. The molecule has 2 aliphatic rings. The first kappa shape index (κ1) is 17.8. The second-order valence-electron chi connectivity index (χ2n) is 6.78. The lowest BCUT2D eigenvalue weighted by Crippen LogP contribution is -2.52. The maximum absolute atomic E-state index is 12.3. The van der Waals surface area contributed by atoms with Crippen molar-refractivity contribution >= 4 is 23.2 Å². The predicted molar refractivity (Wildman–Crippen MR) is 99.7 cm³/mol. The minimum absolute atomic E-state index is 0.272. The van der Waals surface area contributed by atoms with Gasteiger partial charge in [-0.1, -0.05) is 26.7 Å². The van der Waals surface area contributed by atoms with E-state index in [1.807, 2.05) is 0 Å². The third kappa shape index (κ3) is 4.34. The van der Waals surface area contributed by atoms with Gasteiger partial charge in [0.1, 0.15) is 13.2 Å². The Morgan fingerprint density at radius 1 is 1.12 bits per heavy atom. The lowest BCUT2D eigenvalue weighted by atomic mass is 9.78. The second-order valence-corrected chi connectivity index (χ2v) is 7.19. The van der Waals surface area contributed by atoms with Gasteiger partial charge in [0, 0.05) is 11.6 Å². The van der Waals surface area contributed by atoms with Crippen LogP contribution in [0.2, 0.25) is 0 Å². The number of hydrogen-bond donors (Lipinski definition) is 3. The molecule has 0 aromatic heterocycles. The van der Waals surface area contributed by atoms with E-state index in [9.17, 15) is 4.79 Å². The lowest BCUT2D eigenvalue weighted by Gasteiger charge is -2.35. The van der Waals surface area contributed by atoms with Gasteiger partial charge < -0.3 is 14.8 Å². The number of hydrogen-bond acceptors (Lipinski definition) is 4. The molecule has 1 aliphatic carbocycles. The molecule has 0 radical (unpaired) electrons. The molecular formula is C18H25N3O3S. The highest BCUT2D eigenvalue weighted by Crippen LogP contribution is 2.31. The van der Waals surface area contributed by atoms with Crippen molar-refractivity contribution in [3.05, 3.63) is 23.8 Å². The van der Waals surface area contributed by atoms with Gasteiger partial charge in [-0.05, 0) is 48.7 Å². The second kappa shape index (κ2) is 7.91. The van der Waals surface area contributed by atoms with Crippen LogP contribution in [0.3, 0.4) is 0 Å². The van der Waals surface area contributed by atoms with Crippen molar-refractivity contribution in [2.45, 2.75) is 39.2 Å². The van der Waals surface area contributed by atoms with Crippen LogP contribution in [-0.4, -0.2) is 30.3 Å². The SMILES string of the molecule is C[C@@H]1[C@@H](C)CCC[C@H]1NC(=S)NNC(=O)c1ccc2c(c1)OCCO2. The van der Waals surface area contributed by atoms with Crippen molar-refractivity contribution in [3.63, 3.8) is 0 Å². The van der Waals surface area contributed by atoms with Crippen molar-refractivity contribution in [2.75, 3.05) is 13.2 Å². The van der Waals surface area contributed by atoms with Crippen molar-refractivity contribution in [1.82, 2.24) is 16.2 Å². The van der Waals surface area contributed by atoms with Crippen LogP contribution in [0.5, 0.6) is 11.5 Å². The Hall–Kier alpha value is -2.02. The first-order valence-electron chi connectivity index (χ1n) is 8.81. The van der Waals surface area contributed by atoms with E-state index in [0.29, 0.717) is 53.3 Å². The smallest absolute Gasteiger partial charge is 0.269 e. The third-order valence-electron chi connectivity index (χ3n) is 5.12. The zero-order valence-electron chi connectivity index (χ0n) is 14.6. The number of amides is 1. The molecule has 1 aromatic carbocycles. The van der Waals surface area contributed by atoms with E-state index < -0.39 is 0 Å². The van der Waals surface area contributed by atoms with E-state index >= 15 is 0 Å². The summed E-state index contributed by atoms with van der Waals surface area (Å²) in [6.45, 7) is 5.54. The average Bonchev–Trinajstić information content (AvgIpc) is 2.63. The molecule has 1 aromatic rings. The Morgan fingerprint density at radius 2 is 1.88 bits per heavy atom. The van der Waals surface area contributed by atoms with Crippen molar-refractivity contribution in [2.24, 2.45) is 11.8 Å². The van der Waals surface area contributed by atoms with Gasteiger partial charge in [-0.3, -0.25) is 15.6 Å². The number of thiocarbonyl (C=S) groups is 1. The first-order valence-corrected chi connectivity index (χ1v) is 9.22. The van der Waals surface area contributed by atoms with Crippen LogP contribution in [-0.2, 0) is 0 Å². The zero-order valence-corrected chi connectivity index (χ0v) is 15.4. The standard InChI is InChI=1S/C18H25N3O3S/c1-11-4-3-5-14(12(11)2)19-18(25)21-20-17(22)13-6-7-15-16(10-13)24-9-8-23-15/h6-7,10-12,14H,3-5,8-9H2,1-2H3,(H,20,22)(H2,19,21,25)/t11-,12+,14+/m0/s1. The molecule has 0 spiro atoms. The van der Waals surface area contributed by atoms with Crippen LogP contribution in [0.4, 0.5) is 0 Å². The highest BCUT2D eigenvalue weighted by atomic mass is 32.1. The van der Waals surface area contributed by atoms with E-state index in [2.05, 4.69) is 30.0 Å². The Labute approximate surface area is 153 Å². The monoisotopic (exact) mass is 363 g/mol. The number of benzene rings is 1. The minimum Gasteiger partial charge on any atom is -0.486 e. The van der Waals surface area contributed by atoms with Gasteiger partial charge in [0.25, 0.3) is 5.91 Å². The third-order valence-corrected chi connectivity index (χ3v) is 5.34. The molecule has 6 nitrogen and oxygen atoms in total. The van der Waals surface area contributed by atoms with Gasteiger partial charge >= 0.3 is 0 Å². The van der Waals surface area contributed by atoms with E-state index in [0.717, 1.165) is 6.42 Å². The predicted octanol–water partition coefficient (Wildman–Crippen LogP) is 2.39. The summed E-state index contributed by atoms with van der Waals surface area (Å²) in [6.07, 6.45) is 3.57. The van der Waals surface area contributed by atoms with Crippen LogP contribution < -0.4 is 25.6 Å². The van der Waals surface area contributed by atoms with Gasteiger partial charge in [0.2, 0.25) is 0 Å². The minimum atomic E-state index is -0.272. The van der Waals surface area contributed by atoms with Crippen LogP contribution >= 0.6 is 12.2 Å². The Bertz CT molecular complexity index is 652. The molecule has 25 heavy (non-hydrogen) atoms. The number of rotatable bonds is 2. The summed E-state index contributed by atoms with van der Waals surface area (Å²) in [4.78, 5) is 12.3. The van der Waals surface area contributed by atoms with E-state index in [1.165, 1.54) is 12.8 Å². The molecule has 7 heteroatoms. The van der Waals surface area contributed by atoms with Crippen LogP contribution in [0, 0.1) is 11.8 Å². The summed E-state index contributed by atoms with van der Waals surface area (Å²) in [5, 5.41) is 3.76. The highest BCUT2D eigenvalue weighted by molar-refractivity contribution is 7.80. The number of ether oxygens (including phenoxy) is 2. The lowest BCUT2D eigenvalue weighted by molar-refractivity contribution is 0.0942. The summed E-state index contributed by atoms with van der Waals surface area (Å²) in [5.74, 6) is 2.22. The number of carbonyl (C=O) groups excluding carboxylic acids is 1. The summed E-state index contributed by atoms with van der Waals surface area (Å²) in [6, 6.07) is 5.46. The number of carbonyl (C=O) groups is 1. The fourth-order valence-electron chi connectivity index (χ4n) is 3.36. The van der Waals surface area contributed by atoms with Crippen molar-refractivity contribution < 1.29 is 14.3 Å². The van der Waals surface area contributed by atoms with Crippen molar-refractivity contribution in [3.8, 4) is 11.5 Å². The molecule has 1 aliphatic heterocycles. The molecule has 0 bridgehead atoms. The van der Waals surface area contributed by atoms with Crippen molar-refractivity contribution in [1.29, 1.82) is 0 Å². The summed E-state index contributed by atoms with van der Waals surface area (Å²) >= 11 is 5.31. The Kier molecular flexibility index (Phi) is 5.63. The Balaban J connectivity index is 1.51. The molecule has 136 valence electrons. The molecule has 0 unspecified atom stereocenters. The maximum Gasteiger partial charge on any atom is 0.269 e. The van der Waals surface area contributed by atoms with E-state index in [4.69, 9.17) is 21.7 Å². The molecule has 0 saturated heterocycles. The van der Waals surface area contributed by atoms with Gasteiger partial charge in [-0.15, -0.1) is 0 Å². The molecule has 1 heterocycles. The molecule has 1 amide bonds. The molecule has 3 atom stereocenters. The van der Waals surface area contributed by atoms with Gasteiger partial charge in [-0.25, -0.2) is 0 Å². The maximum atomic E-state index is 12.3. The first-order chi connectivity index (χ1) is 12.0. The van der Waals surface area contributed by atoms with Gasteiger partial charge in [0.15, 0.2) is 16.6 Å². The number of fused-ring (bicyclic) bond motifs is 1. The summed E-state index contributed by atoms with van der Waals surface area (Å²) in [5.41, 5.74) is 5.91. The zero-order chi connectivity index (χ0) is 17.8. The molecule has 3 rings (SSSR count). The fraction of sp³-hybridized carbons (Fsp3) is 0.556. The topological polar surface area (TPSA) is 71.6 Å². The molecule has 3 N–H and O–H groups in total. The van der Waals surface area contributed by atoms with Crippen LogP contribution in [0.25, 0.3) is 0 Å². The number of hydrazine groups is 1. The average molecular weight is 363 g/mol. The fourth-order valence-corrected chi connectivity index (χ4v) is 3.56. The summed E-state index contributed by atoms with van der Waals surface area (Å²) in [7, 11) is 0. The normalized spacial score (nSPS) is 25.0. The van der Waals surface area contributed by atoms with Crippen LogP contribution in [0.1, 0.15) is 43.5 Å². The number of nitrogens with one attached hydrogen (secondary N) is 3. The quantitative estimate of drug-likeness (QED) is 0.554. The molecular weight excluding hydrogens is 338 g/mol. The highest BCUT2D eigenvalue weighted by Gasteiger charge is 2.27.